The Labute approximate surface area is 149 Å². The smallest absolute Gasteiger partial charge is 0.254 e. The minimum atomic E-state index is -0.195. The van der Waals surface area contributed by atoms with Gasteiger partial charge in [-0.2, -0.15) is 0 Å². The summed E-state index contributed by atoms with van der Waals surface area (Å²) < 4.78 is 17.6. The molecule has 2 heterocycles. The lowest BCUT2D eigenvalue weighted by atomic mass is 9.84. The second-order valence-corrected chi connectivity index (χ2v) is 7.55. The van der Waals surface area contributed by atoms with Gasteiger partial charge in [-0.3, -0.25) is 4.79 Å². The van der Waals surface area contributed by atoms with Gasteiger partial charge in [-0.15, -0.1) is 0 Å². The summed E-state index contributed by atoms with van der Waals surface area (Å²) in [7, 11) is 0. The van der Waals surface area contributed by atoms with Gasteiger partial charge in [-0.05, 0) is 50.3 Å². The number of amides is 1. The van der Waals surface area contributed by atoms with E-state index in [2.05, 4.69) is 0 Å². The summed E-state index contributed by atoms with van der Waals surface area (Å²) in [4.78, 5) is 14.6. The Morgan fingerprint density at radius 3 is 2.92 bits per heavy atom. The van der Waals surface area contributed by atoms with Crippen LogP contribution in [0.25, 0.3) is 0 Å². The monoisotopic (exact) mass is 345 g/mol. The van der Waals surface area contributed by atoms with Crippen LogP contribution < -0.4 is 4.74 Å². The zero-order valence-corrected chi connectivity index (χ0v) is 14.9. The SMILES string of the molecule is CCOc1cccc(C(=O)N2CC3(C[C@@H](OCC4CC4)CCO3)C2)c1. The molecule has 3 fully saturated rings. The van der Waals surface area contributed by atoms with Crippen LogP contribution in [0.1, 0.15) is 43.0 Å². The topological polar surface area (TPSA) is 48.0 Å². The van der Waals surface area contributed by atoms with Crippen molar-refractivity contribution in [3.05, 3.63) is 29.8 Å². The second-order valence-electron chi connectivity index (χ2n) is 7.55. The highest BCUT2D eigenvalue weighted by atomic mass is 16.5. The van der Waals surface area contributed by atoms with Crippen molar-refractivity contribution in [2.24, 2.45) is 5.92 Å². The minimum Gasteiger partial charge on any atom is -0.494 e. The minimum absolute atomic E-state index is 0.0526. The van der Waals surface area contributed by atoms with Gasteiger partial charge in [0.25, 0.3) is 5.91 Å². The molecule has 0 radical (unpaired) electrons. The molecule has 2 aliphatic heterocycles. The molecule has 1 saturated carbocycles. The Kier molecular flexibility index (Phi) is 4.69. The van der Waals surface area contributed by atoms with E-state index < -0.39 is 0 Å². The summed E-state index contributed by atoms with van der Waals surface area (Å²) >= 11 is 0. The fourth-order valence-electron chi connectivity index (χ4n) is 3.76. The second kappa shape index (κ2) is 6.96. The van der Waals surface area contributed by atoms with Gasteiger partial charge in [0.05, 0.1) is 25.8 Å². The summed E-state index contributed by atoms with van der Waals surface area (Å²) in [6.45, 7) is 5.49. The number of ether oxygens (including phenoxy) is 3. The first-order chi connectivity index (χ1) is 12.2. The van der Waals surface area contributed by atoms with Crippen molar-refractivity contribution in [3.63, 3.8) is 0 Å². The highest BCUT2D eigenvalue weighted by Crippen LogP contribution is 2.37. The maximum Gasteiger partial charge on any atom is 0.254 e. The van der Waals surface area contributed by atoms with Crippen molar-refractivity contribution in [2.45, 2.75) is 44.3 Å². The van der Waals surface area contributed by atoms with Crippen molar-refractivity contribution in [1.29, 1.82) is 0 Å². The maximum absolute atomic E-state index is 12.7. The Bertz CT molecular complexity index is 622. The lowest BCUT2D eigenvalue weighted by Crippen LogP contribution is -2.67. The number of carbonyl (C=O) groups is 1. The molecule has 4 rings (SSSR count). The van der Waals surface area contributed by atoms with Gasteiger partial charge in [-0.25, -0.2) is 0 Å². The van der Waals surface area contributed by atoms with Crippen LogP contribution in [0.15, 0.2) is 24.3 Å². The zero-order valence-electron chi connectivity index (χ0n) is 14.9. The third-order valence-electron chi connectivity index (χ3n) is 5.35. The first-order valence-electron chi connectivity index (χ1n) is 9.45. The standard InChI is InChI=1S/C20H27NO4/c1-2-23-17-5-3-4-16(10-17)19(22)21-13-20(14-21)11-18(8-9-25-20)24-12-15-6-7-15/h3-5,10,15,18H,2,6-9,11-14H2,1H3/t18-/m0/s1. The van der Waals surface area contributed by atoms with Crippen molar-refractivity contribution < 1.29 is 19.0 Å². The van der Waals surface area contributed by atoms with Crippen molar-refractivity contribution >= 4 is 5.91 Å². The molecular weight excluding hydrogens is 318 g/mol. The molecule has 1 aromatic rings. The van der Waals surface area contributed by atoms with Crippen LogP contribution >= 0.6 is 0 Å². The van der Waals surface area contributed by atoms with Crippen LogP contribution in [0.2, 0.25) is 0 Å². The number of benzene rings is 1. The van der Waals surface area contributed by atoms with Crippen LogP contribution in [0.4, 0.5) is 0 Å². The molecule has 25 heavy (non-hydrogen) atoms. The third-order valence-corrected chi connectivity index (χ3v) is 5.35. The molecule has 0 aromatic heterocycles. The van der Waals surface area contributed by atoms with E-state index >= 15 is 0 Å². The molecular formula is C20H27NO4. The van der Waals surface area contributed by atoms with Gasteiger partial charge in [0.2, 0.25) is 0 Å². The number of hydrogen-bond donors (Lipinski definition) is 0. The van der Waals surface area contributed by atoms with E-state index in [1.807, 2.05) is 36.1 Å². The van der Waals surface area contributed by atoms with E-state index in [1.165, 1.54) is 12.8 Å². The first-order valence-corrected chi connectivity index (χ1v) is 9.45. The number of rotatable bonds is 6. The summed E-state index contributed by atoms with van der Waals surface area (Å²) in [6.07, 6.45) is 4.80. The van der Waals surface area contributed by atoms with Gasteiger partial charge in [0.15, 0.2) is 0 Å². The number of likely N-dealkylation sites (tertiary alicyclic amines) is 1. The summed E-state index contributed by atoms with van der Waals surface area (Å²) in [5.41, 5.74) is 0.484. The van der Waals surface area contributed by atoms with Crippen LogP contribution in [-0.4, -0.2) is 55.4 Å². The Morgan fingerprint density at radius 1 is 1.32 bits per heavy atom. The van der Waals surface area contributed by atoms with E-state index in [9.17, 15) is 4.79 Å². The quantitative estimate of drug-likeness (QED) is 0.795. The molecule has 3 aliphatic rings. The zero-order chi connectivity index (χ0) is 17.3. The number of hydrogen-bond acceptors (Lipinski definition) is 4. The van der Waals surface area contributed by atoms with Gasteiger partial charge >= 0.3 is 0 Å². The van der Waals surface area contributed by atoms with Gasteiger partial charge in [-0.1, -0.05) is 6.07 Å². The van der Waals surface area contributed by atoms with Crippen LogP contribution in [0.3, 0.4) is 0 Å². The maximum atomic E-state index is 12.7. The van der Waals surface area contributed by atoms with Crippen molar-refractivity contribution in [3.8, 4) is 5.75 Å². The molecule has 1 spiro atoms. The van der Waals surface area contributed by atoms with E-state index in [1.54, 1.807) is 0 Å². The fraction of sp³-hybridized carbons (Fsp3) is 0.650. The molecule has 0 bridgehead atoms. The highest BCUT2D eigenvalue weighted by molar-refractivity contribution is 5.95. The predicted molar refractivity (Wildman–Crippen MR) is 93.9 cm³/mol. The van der Waals surface area contributed by atoms with Crippen LogP contribution in [0.5, 0.6) is 5.75 Å². The molecule has 0 N–H and O–H groups in total. The van der Waals surface area contributed by atoms with E-state index in [4.69, 9.17) is 14.2 Å². The molecule has 2 saturated heterocycles. The average Bonchev–Trinajstić information content (AvgIpc) is 3.42. The summed E-state index contributed by atoms with van der Waals surface area (Å²) in [5, 5.41) is 0. The Morgan fingerprint density at radius 2 is 2.16 bits per heavy atom. The fourth-order valence-corrected chi connectivity index (χ4v) is 3.76. The first kappa shape index (κ1) is 16.9. The van der Waals surface area contributed by atoms with E-state index in [0.717, 1.165) is 37.7 Å². The number of carbonyl (C=O) groups excluding carboxylic acids is 1. The lowest BCUT2D eigenvalue weighted by molar-refractivity contribution is -0.186. The lowest BCUT2D eigenvalue weighted by Gasteiger charge is -2.53. The van der Waals surface area contributed by atoms with Crippen molar-refractivity contribution in [1.82, 2.24) is 4.90 Å². The molecule has 5 heteroatoms. The molecule has 1 aliphatic carbocycles. The third kappa shape index (κ3) is 3.82. The van der Waals surface area contributed by atoms with E-state index in [0.29, 0.717) is 25.3 Å². The molecule has 1 atom stereocenters. The molecule has 0 unspecified atom stereocenters. The van der Waals surface area contributed by atoms with Gasteiger partial charge in [0.1, 0.15) is 11.4 Å². The van der Waals surface area contributed by atoms with E-state index in [-0.39, 0.29) is 17.6 Å². The highest BCUT2D eigenvalue weighted by Gasteiger charge is 2.49. The normalized spacial score (nSPS) is 24.8. The van der Waals surface area contributed by atoms with Crippen molar-refractivity contribution in [2.75, 3.05) is 32.9 Å². The van der Waals surface area contributed by atoms with Gasteiger partial charge < -0.3 is 19.1 Å². The van der Waals surface area contributed by atoms with Gasteiger partial charge in [0, 0.05) is 25.2 Å². The van der Waals surface area contributed by atoms with Crippen LogP contribution in [0, 0.1) is 5.92 Å². The number of nitrogens with zero attached hydrogens (tertiary/aromatic N) is 1. The average molecular weight is 345 g/mol. The molecule has 136 valence electrons. The molecule has 1 aromatic carbocycles. The summed E-state index contributed by atoms with van der Waals surface area (Å²) in [6, 6.07) is 7.41. The predicted octanol–water partition coefficient (Wildman–Crippen LogP) is 2.89. The van der Waals surface area contributed by atoms with Crippen LogP contribution in [-0.2, 0) is 9.47 Å². The summed E-state index contributed by atoms with van der Waals surface area (Å²) in [5.74, 6) is 1.58. The Hall–Kier alpha value is -1.59. The molecule has 1 amide bonds. The largest absolute Gasteiger partial charge is 0.494 e. The Balaban J connectivity index is 1.32. The molecule has 5 nitrogen and oxygen atoms in total.